The van der Waals surface area contributed by atoms with Gasteiger partial charge in [-0.05, 0) is 58.5 Å². The molecule has 1 heterocycles. The van der Waals surface area contributed by atoms with Crippen LogP contribution >= 0.6 is 34.2 Å². The van der Waals surface area contributed by atoms with Crippen molar-refractivity contribution >= 4 is 56.8 Å². The van der Waals surface area contributed by atoms with Crippen LogP contribution in [0.4, 0.5) is 5.69 Å². The predicted molar refractivity (Wildman–Crippen MR) is 108 cm³/mol. The van der Waals surface area contributed by atoms with E-state index in [-0.39, 0.29) is 18.9 Å². The molecule has 0 radical (unpaired) electrons. The van der Waals surface area contributed by atoms with E-state index in [1.54, 1.807) is 18.3 Å². The monoisotopic (exact) mass is 498 g/mol. The molecular weight excluding hydrogens is 487 g/mol. The predicted octanol–water partition coefficient (Wildman–Crippen LogP) is 4.52. The fraction of sp³-hybridized carbons (Fsp3) is 0.111. The Kier molecular flexibility index (Phi) is 6.07. The van der Waals surface area contributed by atoms with Gasteiger partial charge in [0.1, 0.15) is 12.1 Å². The first-order chi connectivity index (χ1) is 13.0. The molecule has 0 saturated heterocycles. The van der Waals surface area contributed by atoms with Gasteiger partial charge < -0.3 is 9.47 Å². The number of aromatic nitrogens is 1. The standard InChI is InChI=1S/C18H12ClIN2O5/c19-14-8-15(20)18(17-13(14)2-1-7-21-17)27-10-16(23)26-9-11-3-5-12(6-4-11)22(24)25/h1-8H,9-10H2. The van der Waals surface area contributed by atoms with Crippen LogP contribution < -0.4 is 4.74 Å². The number of carbonyl (C=O) groups is 1. The highest BCUT2D eigenvalue weighted by molar-refractivity contribution is 14.1. The minimum atomic E-state index is -0.566. The first-order valence-corrected chi connectivity index (χ1v) is 9.16. The summed E-state index contributed by atoms with van der Waals surface area (Å²) < 4.78 is 11.5. The van der Waals surface area contributed by atoms with Crippen LogP contribution in [0.2, 0.25) is 5.02 Å². The van der Waals surface area contributed by atoms with Crippen LogP contribution in [0.3, 0.4) is 0 Å². The number of nitro groups is 1. The summed E-state index contributed by atoms with van der Waals surface area (Å²) in [6.07, 6.45) is 1.62. The summed E-state index contributed by atoms with van der Waals surface area (Å²) in [5, 5.41) is 11.9. The molecule has 3 aromatic rings. The summed E-state index contributed by atoms with van der Waals surface area (Å²) in [5.41, 5.74) is 1.19. The second kappa shape index (κ2) is 8.49. The number of hydrogen-bond donors (Lipinski definition) is 0. The molecule has 7 nitrogen and oxygen atoms in total. The fourth-order valence-corrected chi connectivity index (χ4v) is 3.50. The van der Waals surface area contributed by atoms with E-state index in [1.807, 2.05) is 6.07 Å². The Morgan fingerprint density at radius 2 is 2.00 bits per heavy atom. The first-order valence-electron chi connectivity index (χ1n) is 7.70. The molecule has 9 heteroatoms. The SMILES string of the molecule is O=C(COc1c(I)cc(Cl)c2cccnc12)OCc1ccc([N+](=O)[O-])cc1. The third-order valence-electron chi connectivity index (χ3n) is 3.63. The van der Waals surface area contributed by atoms with Crippen molar-refractivity contribution in [2.75, 3.05) is 6.61 Å². The molecule has 0 aliphatic heterocycles. The summed E-state index contributed by atoms with van der Waals surface area (Å²) in [6.45, 7) is -0.298. The van der Waals surface area contributed by atoms with Gasteiger partial charge in [-0.2, -0.15) is 0 Å². The molecule has 27 heavy (non-hydrogen) atoms. The van der Waals surface area contributed by atoms with Crippen molar-refractivity contribution in [1.82, 2.24) is 4.98 Å². The largest absolute Gasteiger partial charge is 0.478 e. The Morgan fingerprint density at radius 3 is 2.70 bits per heavy atom. The quantitative estimate of drug-likeness (QED) is 0.215. The van der Waals surface area contributed by atoms with Crippen LogP contribution in [-0.4, -0.2) is 22.5 Å². The molecule has 0 amide bonds. The van der Waals surface area contributed by atoms with Crippen molar-refractivity contribution < 1.29 is 19.2 Å². The number of esters is 1. The molecule has 0 N–H and O–H groups in total. The Labute approximate surface area is 172 Å². The summed E-state index contributed by atoms with van der Waals surface area (Å²) in [5.74, 6) is -0.105. The summed E-state index contributed by atoms with van der Waals surface area (Å²) >= 11 is 8.27. The second-order valence-corrected chi connectivity index (χ2v) is 7.01. The average molecular weight is 499 g/mol. The molecule has 138 valence electrons. The molecule has 0 fully saturated rings. The van der Waals surface area contributed by atoms with Gasteiger partial charge in [-0.15, -0.1) is 0 Å². The molecular formula is C18H12ClIN2O5. The van der Waals surface area contributed by atoms with Crippen molar-refractivity contribution in [3.8, 4) is 5.75 Å². The van der Waals surface area contributed by atoms with Crippen LogP contribution in [0.1, 0.15) is 5.56 Å². The van der Waals surface area contributed by atoms with Crippen LogP contribution in [0, 0.1) is 13.7 Å². The van der Waals surface area contributed by atoms with E-state index in [0.717, 1.165) is 8.96 Å². The normalized spacial score (nSPS) is 10.6. The molecule has 0 aliphatic carbocycles. The van der Waals surface area contributed by atoms with Gasteiger partial charge in [-0.25, -0.2) is 4.79 Å². The number of nitrogens with zero attached hydrogens (tertiary/aromatic N) is 2. The van der Waals surface area contributed by atoms with Crippen molar-refractivity contribution in [3.63, 3.8) is 0 Å². The molecule has 0 spiro atoms. The van der Waals surface area contributed by atoms with E-state index in [0.29, 0.717) is 21.9 Å². The van der Waals surface area contributed by atoms with Gasteiger partial charge in [0.25, 0.3) is 5.69 Å². The highest BCUT2D eigenvalue weighted by atomic mass is 127. The highest BCUT2D eigenvalue weighted by Gasteiger charge is 2.14. The molecule has 1 aromatic heterocycles. The lowest BCUT2D eigenvalue weighted by Gasteiger charge is -2.11. The Balaban J connectivity index is 1.63. The smallest absolute Gasteiger partial charge is 0.344 e. The van der Waals surface area contributed by atoms with Crippen molar-refractivity contribution in [1.29, 1.82) is 0 Å². The van der Waals surface area contributed by atoms with E-state index >= 15 is 0 Å². The van der Waals surface area contributed by atoms with E-state index in [2.05, 4.69) is 27.6 Å². The van der Waals surface area contributed by atoms with E-state index in [1.165, 1.54) is 24.3 Å². The van der Waals surface area contributed by atoms with Crippen LogP contribution in [-0.2, 0) is 16.1 Å². The number of hydrogen-bond acceptors (Lipinski definition) is 6. The van der Waals surface area contributed by atoms with Gasteiger partial charge in [0.2, 0.25) is 0 Å². The minimum absolute atomic E-state index is 0.00308. The number of carbonyl (C=O) groups excluding carboxylic acids is 1. The Hall–Kier alpha value is -2.46. The molecule has 0 saturated carbocycles. The molecule has 0 unspecified atom stereocenters. The number of benzene rings is 2. The van der Waals surface area contributed by atoms with Gasteiger partial charge in [0.15, 0.2) is 12.4 Å². The number of fused-ring (bicyclic) bond motifs is 1. The van der Waals surface area contributed by atoms with E-state index in [4.69, 9.17) is 21.1 Å². The van der Waals surface area contributed by atoms with Gasteiger partial charge in [-0.1, -0.05) is 11.6 Å². The lowest BCUT2D eigenvalue weighted by atomic mass is 10.2. The zero-order chi connectivity index (χ0) is 19.4. The number of nitro benzene ring substituents is 1. The molecule has 2 aromatic carbocycles. The zero-order valence-electron chi connectivity index (χ0n) is 13.7. The summed E-state index contributed by atoms with van der Waals surface area (Å²) in [6, 6.07) is 11.1. The minimum Gasteiger partial charge on any atom is -0.478 e. The maximum atomic E-state index is 12.0. The maximum Gasteiger partial charge on any atom is 0.344 e. The van der Waals surface area contributed by atoms with Gasteiger partial charge in [0, 0.05) is 23.7 Å². The number of halogens is 2. The summed E-state index contributed by atoms with van der Waals surface area (Å²) in [7, 11) is 0. The topological polar surface area (TPSA) is 91.6 Å². The van der Waals surface area contributed by atoms with Crippen LogP contribution in [0.15, 0.2) is 48.7 Å². The van der Waals surface area contributed by atoms with Gasteiger partial charge >= 0.3 is 5.97 Å². The third kappa shape index (κ3) is 4.64. The highest BCUT2D eigenvalue weighted by Crippen LogP contribution is 2.34. The fourth-order valence-electron chi connectivity index (χ4n) is 2.33. The Bertz CT molecular complexity index is 1010. The molecule has 0 bridgehead atoms. The number of ether oxygens (including phenoxy) is 2. The lowest BCUT2D eigenvalue weighted by Crippen LogP contribution is -2.15. The van der Waals surface area contributed by atoms with Crippen LogP contribution in [0.25, 0.3) is 10.9 Å². The zero-order valence-corrected chi connectivity index (χ0v) is 16.6. The van der Waals surface area contributed by atoms with Crippen LogP contribution in [0.5, 0.6) is 5.75 Å². The van der Waals surface area contributed by atoms with Crippen molar-refractivity contribution in [3.05, 3.63) is 72.9 Å². The molecule has 3 rings (SSSR count). The third-order valence-corrected chi connectivity index (χ3v) is 4.75. The lowest BCUT2D eigenvalue weighted by molar-refractivity contribution is -0.384. The number of non-ortho nitro benzene ring substituents is 1. The number of pyridine rings is 1. The number of rotatable bonds is 6. The van der Waals surface area contributed by atoms with Crippen molar-refractivity contribution in [2.24, 2.45) is 0 Å². The average Bonchev–Trinajstić information content (AvgIpc) is 2.66. The molecule has 0 aliphatic rings. The van der Waals surface area contributed by atoms with Crippen molar-refractivity contribution in [2.45, 2.75) is 6.61 Å². The Morgan fingerprint density at radius 1 is 1.26 bits per heavy atom. The first kappa shape index (κ1) is 19.3. The van der Waals surface area contributed by atoms with E-state index < -0.39 is 10.9 Å². The molecule has 0 atom stereocenters. The summed E-state index contributed by atoms with van der Waals surface area (Å²) in [4.78, 5) is 26.4. The van der Waals surface area contributed by atoms with Gasteiger partial charge in [-0.3, -0.25) is 15.1 Å². The second-order valence-electron chi connectivity index (χ2n) is 5.44. The van der Waals surface area contributed by atoms with E-state index in [9.17, 15) is 14.9 Å². The van der Waals surface area contributed by atoms with Gasteiger partial charge in [0.05, 0.1) is 13.5 Å². The maximum absolute atomic E-state index is 12.0.